The van der Waals surface area contributed by atoms with E-state index in [2.05, 4.69) is 102 Å². The first-order chi connectivity index (χ1) is 15.6. The Labute approximate surface area is 186 Å². The fourth-order valence-electron chi connectivity index (χ4n) is 5.77. The molecule has 0 N–H and O–H groups in total. The van der Waals surface area contributed by atoms with Crippen molar-refractivity contribution >= 4 is 0 Å². The van der Waals surface area contributed by atoms with Crippen LogP contribution in [0.15, 0.2) is 78.9 Å². The highest BCUT2D eigenvalue weighted by atomic mass is 15.2. The van der Waals surface area contributed by atoms with Gasteiger partial charge in [0.2, 0.25) is 0 Å². The minimum Gasteiger partial charge on any atom is -0.215 e. The standard InChI is InChI=1S/C29H29N2/c1-20-12-6-11-19-26(20)30-21(2)27-24-17-9-10-18-25(24)28(22-13-7-8-14-22)31(27)29(30)23-15-4-3-5-16-23/h3-6,9-12,15-19,22,28H,7-8,13-14H2,1-2H3/q+1/i28D. The lowest BCUT2D eigenvalue weighted by atomic mass is 9.90. The van der Waals surface area contributed by atoms with Crippen molar-refractivity contribution in [3.63, 3.8) is 0 Å². The number of imidazole rings is 1. The van der Waals surface area contributed by atoms with E-state index in [1.165, 1.54) is 46.6 Å². The lowest BCUT2D eigenvalue weighted by molar-refractivity contribution is -0.693. The molecular weight excluding hydrogens is 376 g/mol. The van der Waals surface area contributed by atoms with Crippen molar-refractivity contribution in [2.75, 3.05) is 0 Å². The van der Waals surface area contributed by atoms with Crippen LogP contribution in [0.5, 0.6) is 0 Å². The summed E-state index contributed by atoms with van der Waals surface area (Å²) in [5.74, 6) is 1.44. The van der Waals surface area contributed by atoms with Crippen molar-refractivity contribution < 1.29 is 5.94 Å². The van der Waals surface area contributed by atoms with Gasteiger partial charge in [0.15, 0.2) is 11.4 Å². The van der Waals surface area contributed by atoms with Crippen LogP contribution in [0.25, 0.3) is 28.3 Å². The van der Waals surface area contributed by atoms with Gasteiger partial charge in [-0.25, -0.2) is 4.57 Å². The van der Waals surface area contributed by atoms with Crippen LogP contribution in [-0.4, -0.2) is 4.57 Å². The van der Waals surface area contributed by atoms with Crippen LogP contribution >= 0.6 is 0 Å². The van der Waals surface area contributed by atoms with Gasteiger partial charge in [-0.1, -0.05) is 73.5 Å². The highest BCUT2D eigenvalue weighted by Gasteiger charge is 2.46. The third-order valence-corrected chi connectivity index (χ3v) is 7.15. The average molecular weight is 407 g/mol. The van der Waals surface area contributed by atoms with Crippen molar-refractivity contribution in [1.82, 2.24) is 4.57 Å². The molecule has 1 aromatic heterocycles. The second-order valence-electron chi connectivity index (χ2n) is 8.99. The summed E-state index contributed by atoms with van der Waals surface area (Å²) in [6, 6.07) is 27.1. The molecule has 1 unspecified atom stereocenters. The molecule has 0 amide bonds. The summed E-state index contributed by atoms with van der Waals surface area (Å²) in [6.07, 6.45) is 4.68. The fourth-order valence-corrected chi connectivity index (χ4v) is 5.77. The van der Waals surface area contributed by atoms with Gasteiger partial charge in [-0.3, -0.25) is 0 Å². The van der Waals surface area contributed by atoms with Gasteiger partial charge >= 0.3 is 0 Å². The van der Waals surface area contributed by atoms with Crippen LogP contribution in [0, 0.1) is 19.8 Å². The molecule has 0 saturated heterocycles. The Morgan fingerprint density at radius 2 is 1.52 bits per heavy atom. The third-order valence-electron chi connectivity index (χ3n) is 7.15. The highest BCUT2D eigenvalue weighted by Crippen LogP contribution is 2.47. The van der Waals surface area contributed by atoms with E-state index < -0.39 is 6.02 Å². The van der Waals surface area contributed by atoms with Crippen molar-refractivity contribution in [3.8, 4) is 28.3 Å². The van der Waals surface area contributed by atoms with Crippen LogP contribution in [-0.2, 0) is 0 Å². The lowest BCUT2D eigenvalue weighted by Gasteiger charge is -2.20. The zero-order chi connectivity index (χ0) is 21.9. The number of rotatable bonds is 3. The molecule has 1 aliphatic carbocycles. The molecule has 1 atom stereocenters. The maximum atomic E-state index is 10.1. The molecule has 31 heavy (non-hydrogen) atoms. The topological polar surface area (TPSA) is 8.81 Å². The molecule has 0 spiro atoms. The number of benzene rings is 3. The molecule has 6 rings (SSSR count). The van der Waals surface area contributed by atoms with Crippen molar-refractivity contribution in [2.45, 2.75) is 45.5 Å². The zero-order valence-corrected chi connectivity index (χ0v) is 18.3. The molecule has 2 nitrogen and oxygen atoms in total. The van der Waals surface area contributed by atoms with E-state index in [1.54, 1.807) is 0 Å². The molecule has 3 aromatic carbocycles. The van der Waals surface area contributed by atoms with E-state index >= 15 is 0 Å². The zero-order valence-electron chi connectivity index (χ0n) is 19.3. The molecule has 4 aromatic rings. The summed E-state index contributed by atoms with van der Waals surface area (Å²) >= 11 is 0. The average Bonchev–Trinajstić information content (AvgIpc) is 3.52. The van der Waals surface area contributed by atoms with Gasteiger partial charge in [-0.05, 0) is 43.5 Å². The number of hydrogen-bond donors (Lipinski definition) is 0. The molecule has 2 aliphatic rings. The Balaban J connectivity index is 1.77. The van der Waals surface area contributed by atoms with E-state index in [0.717, 1.165) is 24.2 Å². The number of para-hydroxylation sites is 1. The first kappa shape index (κ1) is 17.5. The van der Waals surface area contributed by atoms with E-state index in [-0.39, 0.29) is 0 Å². The Kier molecular flexibility index (Phi) is 4.09. The van der Waals surface area contributed by atoms with Gasteiger partial charge in [0.25, 0.3) is 5.82 Å². The minimum absolute atomic E-state index is 0.324. The molecule has 154 valence electrons. The number of aromatic nitrogens is 2. The molecule has 1 aliphatic heterocycles. The van der Waals surface area contributed by atoms with E-state index in [1.807, 2.05) is 0 Å². The Morgan fingerprint density at radius 3 is 2.29 bits per heavy atom. The van der Waals surface area contributed by atoms with E-state index in [4.69, 9.17) is 0 Å². The second-order valence-corrected chi connectivity index (χ2v) is 8.99. The number of aryl methyl sites for hydroxylation is 1. The molecule has 2 heterocycles. The summed E-state index contributed by atoms with van der Waals surface area (Å²) in [4.78, 5) is 0. The van der Waals surface area contributed by atoms with E-state index in [9.17, 15) is 1.37 Å². The molecule has 0 bridgehead atoms. The lowest BCUT2D eigenvalue weighted by Crippen LogP contribution is -2.42. The molecule has 1 fully saturated rings. The van der Waals surface area contributed by atoms with Gasteiger partial charge in [-0.15, -0.1) is 0 Å². The second kappa shape index (κ2) is 7.23. The van der Waals surface area contributed by atoms with Crippen molar-refractivity contribution in [1.29, 1.82) is 0 Å². The molecule has 1 saturated carbocycles. The smallest absolute Gasteiger partial charge is 0.215 e. The van der Waals surface area contributed by atoms with E-state index in [0.29, 0.717) is 5.92 Å². The third kappa shape index (κ3) is 2.74. The summed E-state index contributed by atoms with van der Waals surface area (Å²) in [6.45, 7) is 4.40. The number of nitrogens with zero attached hydrogens (tertiary/aromatic N) is 2. The maximum absolute atomic E-state index is 10.1. The van der Waals surface area contributed by atoms with Crippen LogP contribution in [0.2, 0.25) is 0 Å². The quantitative estimate of drug-likeness (QED) is 0.331. The summed E-state index contributed by atoms with van der Waals surface area (Å²) in [5.41, 5.74) is 8.38. The van der Waals surface area contributed by atoms with Crippen molar-refractivity contribution in [2.24, 2.45) is 5.92 Å². The first-order valence-corrected chi connectivity index (χ1v) is 11.5. The van der Waals surface area contributed by atoms with Crippen LogP contribution in [0.1, 0.15) is 49.9 Å². The Morgan fingerprint density at radius 1 is 0.839 bits per heavy atom. The summed E-state index contributed by atoms with van der Waals surface area (Å²) < 4.78 is 14.9. The van der Waals surface area contributed by atoms with Crippen molar-refractivity contribution in [3.05, 3.63) is 95.7 Å². The van der Waals surface area contributed by atoms with Gasteiger partial charge in [0.05, 0.1) is 6.93 Å². The predicted molar refractivity (Wildman–Crippen MR) is 126 cm³/mol. The Bertz CT molecular complexity index is 1310. The predicted octanol–water partition coefficient (Wildman–Crippen LogP) is 6.81. The monoisotopic (exact) mass is 406 g/mol. The summed E-state index contributed by atoms with van der Waals surface area (Å²) in [7, 11) is 0. The van der Waals surface area contributed by atoms with Crippen LogP contribution in [0.3, 0.4) is 0 Å². The number of fused-ring (bicyclic) bond motifs is 3. The summed E-state index contributed by atoms with van der Waals surface area (Å²) in [5, 5.41) is 0. The van der Waals surface area contributed by atoms with Gasteiger partial charge < -0.3 is 0 Å². The Hall–Kier alpha value is -3.13. The van der Waals surface area contributed by atoms with Crippen LogP contribution in [0.4, 0.5) is 0 Å². The molecular formula is C29H29N2+. The van der Waals surface area contributed by atoms with Gasteiger partial charge in [-0.2, -0.15) is 4.57 Å². The fraction of sp³-hybridized carbons (Fsp3) is 0.276. The van der Waals surface area contributed by atoms with Crippen LogP contribution < -0.4 is 4.57 Å². The largest absolute Gasteiger partial charge is 0.295 e. The molecule has 2 heteroatoms. The first-order valence-electron chi connectivity index (χ1n) is 12.0. The maximum Gasteiger partial charge on any atom is 0.295 e. The minimum atomic E-state index is -0.785. The molecule has 0 radical (unpaired) electrons. The van der Waals surface area contributed by atoms with Gasteiger partial charge in [0.1, 0.15) is 11.7 Å². The normalized spacial score (nSPS) is 20.5. The SMILES string of the molecule is [2H]C1(C2CCCC2)c2ccccc2-c2c(C)n(-c3ccccc3C)c(-c3ccccc3)[n+]21. The highest BCUT2D eigenvalue weighted by molar-refractivity contribution is 5.71. The van der Waals surface area contributed by atoms with Gasteiger partial charge in [0, 0.05) is 24.0 Å². The number of hydrogen-bond acceptors (Lipinski definition) is 0.